The third kappa shape index (κ3) is 6.37. The number of nitrogens with one attached hydrogen (secondary N) is 1. The number of aliphatic hydroxyl groups is 1. The summed E-state index contributed by atoms with van der Waals surface area (Å²) in [5.74, 6) is 0. The molecule has 8 heteroatoms. The fraction of sp³-hybridized carbons (Fsp3) is 0.417. The highest BCUT2D eigenvalue weighted by molar-refractivity contribution is 7.80. The van der Waals surface area contributed by atoms with Crippen molar-refractivity contribution in [3.63, 3.8) is 0 Å². The van der Waals surface area contributed by atoms with Crippen LogP contribution in [0.1, 0.15) is 36.3 Å². The number of rotatable bonds is 11. The number of thiocarbonyl (C=S) groups is 1. The molecule has 0 aliphatic heterocycles. The van der Waals surface area contributed by atoms with E-state index in [1.807, 2.05) is 24.3 Å². The van der Waals surface area contributed by atoms with Crippen LogP contribution in [0.25, 0.3) is 10.2 Å². The lowest BCUT2D eigenvalue weighted by atomic mass is 10.2. The van der Waals surface area contributed by atoms with Crippen molar-refractivity contribution in [2.75, 3.05) is 26.2 Å². The number of pyridine rings is 1. The van der Waals surface area contributed by atoms with Gasteiger partial charge in [0.15, 0.2) is 0 Å². The summed E-state index contributed by atoms with van der Waals surface area (Å²) in [4.78, 5) is 5.50. The first-order chi connectivity index (χ1) is 15.5. The van der Waals surface area contributed by atoms with Gasteiger partial charge >= 0.3 is 0 Å². The highest BCUT2D eigenvalue weighted by Gasteiger charge is 2.14. The van der Waals surface area contributed by atoms with Gasteiger partial charge in [-0.05, 0) is 49.7 Å². The second kappa shape index (κ2) is 12.2. The topological polar surface area (TPSA) is 40.4 Å². The number of nitrogens with zero attached hydrogens (tertiary/aromatic N) is 2. The molecule has 0 fully saturated rings. The number of aliphatic hydroxyl groups excluding tert-OH is 1. The molecule has 0 spiro atoms. The largest absolute Gasteiger partial charge is 0.396 e. The van der Waals surface area contributed by atoms with E-state index in [0.717, 1.165) is 65.1 Å². The molecule has 2 heterocycles. The summed E-state index contributed by atoms with van der Waals surface area (Å²) >= 11 is 19.4. The SMILES string of the molecule is CCN(CC)CCn1cc(C(=S)NCc2ccc(Cl)cc2)c(=S)c2cc(CCCO)sc21. The fourth-order valence-electron chi connectivity index (χ4n) is 3.60. The fourth-order valence-corrected chi connectivity index (χ4v) is 5.59. The quantitative estimate of drug-likeness (QED) is 0.320. The summed E-state index contributed by atoms with van der Waals surface area (Å²) in [5.41, 5.74) is 2.00. The van der Waals surface area contributed by atoms with E-state index in [1.165, 1.54) is 9.71 Å². The second-order valence-corrected chi connectivity index (χ2v) is 10.0. The first-order valence-electron chi connectivity index (χ1n) is 11.0. The summed E-state index contributed by atoms with van der Waals surface area (Å²) in [6.45, 7) is 9.09. The van der Waals surface area contributed by atoms with Crippen LogP contribution in [0.2, 0.25) is 5.02 Å². The van der Waals surface area contributed by atoms with Gasteiger partial charge in [-0.25, -0.2) is 0 Å². The minimum Gasteiger partial charge on any atom is -0.396 e. The van der Waals surface area contributed by atoms with Crippen molar-refractivity contribution in [2.24, 2.45) is 0 Å². The van der Waals surface area contributed by atoms with Crippen LogP contribution in [0.15, 0.2) is 36.5 Å². The average molecular weight is 508 g/mol. The van der Waals surface area contributed by atoms with E-state index in [0.29, 0.717) is 11.5 Å². The van der Waals surface area contributed by atoms with Gasteiger partial charge < -0.3 is 19.9 Å². The maximum atomic E-state index is 9.24. The molecule has 0 bridgehead atoms. The molecule has 4 nitrogen and oxygen atoms in total. The van der Waals surface area contributed by atoms with Crippen LogP contribution in [-0.4, -0.2) is 45.8 Å². The van der Waals surface area contributed by atoms with E-state index in [9.17, 15) is 5.11 Å². The Balaban J connectivity index is 1.91. The third-order valence-corrected chi connectivity index (χ3v) is 7.83. The monoisotopic (exact) mass is 507 g/mol. The van der Waals surface area contributed by atoms with Crippen LogP contribution in [0.5, 0.6) is 0 Å². The Hall–Kier alpha value is -1.35. The van der Waals surface area contributed by atoms with E-state index < -0.39 is 0 Å². The van der Waals surface area contributed by atoms with Crippen molar-refractivity contribution in [1.82, 2.24) is 14.8 Å². The zero-order chi connectivity index (χ0) is 23.1. The van der Waals surface area contributed by atoms with Crippen LogP contribution >= 0.6 is 47.4 Å². The number of aromatic nitrogens is 1. The normalized spacial score (nSPS) is 11.4. The van der Waals surface area contributed by atoms with E-state index in [1.54, 1.807) is 11.3 Å². The van der Waals surface area contributed by atoms with Crippen LogP contribution < -0.4 is 5.32 Å². The molecule has 0 aliphatic carbocycles. The molecule has 2 aromatic heterocycles. The summed E-state index contributed by atoms with van der Waals surface area (Å²) in [7, 11) is 0. The standard InChI is InChI=1S/C24H30ClN3OS3/c1-3-27(4-2)11-12-28-16-21(23(31)26-15-17-7-9-18(25)10-8-17)22(30)20-14-19(6-5-13-29)32-24(20)28/h7-10,14,16,29H,3-6,11-13,15H2,1-2H3,(H,26,31). The Morgan fingerprint density at radius 2 is 1.94 bits per heavy atom. The third-order valence-electron chi connectivity index (χ3n) is 5.54. The van der Waals surface area contributed by atoms with Gasteiger partial charge in [-0.2, -0.15) is 0 Å². The second-order valence-electron chi connectivity index (χ2n) is 7.66. The maximum absolute atomic E-state index is 9.24. The molecule has 3 aromatic rings. The lowest BCUT2D eigenvalue weighted by Gasteiger charge is -2.20. The Morgan fingerprint density at radius 1 is 1.22 bits per heavy atom. The maximum Gasteiger partial charge on any atom is 0.109 e. The number of aryl methyl sites for hydroxylation is 1. The zero-order valence-corrected chi connectivity index (χ0v) is 21.8. The molecule has 0 unspecified atom stereocenters. The van der Waals surface area contributed by atoms with Gasteiger partial charge in [0.1, 0.15) is 9.82 Å². The Kier molecular flexibility index (Phi) is 9.64. The van der Waals surface area contributed by atoms with Crippen molar-refractivity contribution in [3.05, 3.63) is 62.1 Å². The van der Waals surface area contributed by atoms with Crippen molar-refractivity contribution >= 4 is 62.6 Å². The number of fused-ring (bicyclic) bond motifs is 1. The summed E-state index contributed by atoms with van der Waals surface area (Å²) in [6.07, 6.45) is 3.72. The van der Waals surface area contributed by atoms with Crippen molar-refractivity contribution in [1.29, 1.82) is 0 Å². The number of thiophene rings is 1. The summed E-state index contributed by atoms with van der Waals surface area (Å²) in [5, 5.41) is 14.4. The number of halogens is 1. The number of hydrogen-bond acceptors (Lipinski definition) is 5. The van der Waals surface area contributed by atoms with Crippen molar-refractivity contribution in [2.45, 2.75) is 39.8 Å². The molecule has 3 rings (SSSR count). The lowest BCUT2D eigenvalue weighted by Crippen LogP contribution is -2.27. The van der Waals surface area contributed by atoms with Gasteiger partial charge in [-0.15, -0.1) is 11.3 Å². The molecule has 2 N–H and O–H groups in total. The summed E-state index contributed by atoms with van der Waals surface area (Å²) in [6, 6.07) is 9.93. The predicted molar refractivity (Wildman–Crippen MR) is 144 cm³/mol. The first kappa shape index (κ1) is 25.3. The van der Waals surface area contributed by atoms with Crippen molar-refractivity contribution in [3.8, 4) is 0 Å². The zero-order valence-electron chi connectivity index (χ0n) is 18.6. The highest BCUT2D eigenvalue weighted by Crippen LogP contribution is 2.29. The highest BCUT2D eigenvalue weighted by atomic mass is 35.5. The van der Waals surface area contributed by atoms with Crippen LogP contribution in [0, 0.1) is 4.51 Å². The Morgan fingerprint density at radius 3 is 2.59 bits per heavy atom. The van der Waals surface area contributed by atoms with Crippen LogP contribution in [0.3, 0.4) is 0 Å². The molecular weight excluding hydrogens is 478 g/mol. The molecule has 0 saturated heterocycles. The minimum atomic E-state index is 0.195. The smallest absolute Gasteiger partial charge is 0.109 e. The first-order valence-corrected chi connectivity index (χ1v) is 13.0. The predicted octanol–water partition coefficient (Wildman–Crippen LogP) is 5.82. The van der Waals surface area contributed by atoms with E-state index in [-0.39, 0.29) is 6.61 Å². The molecule has 0 aliphatic rings. The van der Waals surface area contributed by atoms with Gasteiger partial charge in [0.05, 0.1) is 4.51 Å². The van der Waals surface area contributed by atoms with E-state index in [4.69, 9.17) is 36.0 Å². The van der Waals surface area contributed by atoms with E-state index in [2.05, 4.69) is 40.9 Å². The minimum absolute atomic E-state index is 0.195. The van der Waals surface area contributed by atoms with Gasteiger partial charge in [-0.1, -0.05) is 62.0 Å². The molecule has 0 saturated carbocycles. The molecule has 0 amide bonds. The van der Waals surface area contributed by atoms with E-state index >= 15 is 0 Å². The van der Waals surface area contributed by atoms with Gasteiger partial charge in [0, 0.05) is 53.3 Å². The van der Waals surface area contributed by atoms with Gasteiger partial charge in [0.2, 0.25) is 0 Å². The number of benzene rings is 1. The summed E-state index contributed by atoms with van der Waals surface area (Å²) < 4.78 is 3.08. The average Bonchev–Trinajstić information content (AvgIpc) is 3.24. The molecule has 1 aromatic carbocycles. The lowest BCUT2D eigenvalue weighted by molar-refractivity contribution is 0.289. The van der Waals surface area contributed by atoms with Gasteiger partial charge in [0.25, 0.3) is 0 Å². The molecule has 0 atom stereocenters. The Labute approximate surface area is 209 Å². The molecule has 172 valence electrons. The molecule has 0 radical (unpaired) electrons. The van der Waals surface area contributed by atoms with Gasteiger partial charge in [-0.3, -0.25) is 0 Å². The Bertz CT molecular complexity index is 1100. The molecular formula is C24H30ClN3OS3. The number of hydrogen-bond donors (Lipinski definition) is 2. The van der Waals surface area contributed by atoms with Crippen LogP contribution in [0.4, 0.5) is 0 Å². The van der Waals surface area contributed by atoms with Crippen molar-refractivity contribution < 1.29 is 5.11 Å². The molecule has 32 heavy (non-hydrogen) atoms. The van der Waals surface area contributed by atoms with Crippen LogP contribution in [-0.2, 0) is 19.5 Å². The number of likely N-dealkylation sites (N-methyl/N-ethyl adjacent to an activating group) is 1.